The smallest absolute Gasteiger partial charge is 0.264 e. The fourth-order valence-corrected chi connectivity index (χ4v) is 5.98. The number of sulfonamides is 1. The molecule has 0 bridgehead atoms. The Hall–Kier alpha value is -3.56. The Morgan fingerprint density at radius 3 is 2.34 bits per heavy atom. The molecule has 3 aromatic rings. The van der Waals surface area contributed by atoms with E-state index >= 15 is 0 Å². The first kappa shape index (κ1) is 32.0. The molecule has 3 rings (SSSR count). The van der Waals surface area contributed by atoms with Crippen LogP contribution in [0.15, 0.2) is 77.7 Å². The molecule has 0 aliphatic carbocycles. The molecule has 0 saturated heterocycles. The number of anilines is 1. The van der Waals surface area contributed by atoms with Crippen LogP contribution in [0.3, 0.4) is 0 Å². The van der Waals surface area contributed by atoms with E-state index in [1.54, 1.807) is 55.6 Å². The van der Waals surface area contributed by atoms with E-state index in [0.717, 1.165) is 28.3 Å². The summed E-state index contributed by atoms with van der Waals surface area (Å²) in [6.45, 7) is 5.77. The fraction of sp³-hybridized carbons (Fsp3) is 0.355. The maximum absolute atomic E-state index is 14.1. The van der Waals surface area contributed by atoms with Crippen LogP contribution in [0, 0.1) is 6.92 Å². The van der Waals surface area contributed by atoms with Crippen molar-refractivity contribution < 1.29 is 22.7 Å². The zero-order valence-electron chi connectivity index (χ0n) is 24.0. The van der Waals surface area contributed by atoms with Crippen molar-refractivity contribution in [2.24, 2.45) is 0 Å². The second-order valence-corrected chi connectivity index (χ2v) is 12.0. The SMILES string of the molecule is CCCCNC(=O)C(CC)N(Cc1cccc(OC)c1)C(=O)CN(c1cccc(Cl)c1)S(=O)(=O)c1ccc(C)cc1. The van der Waals surface area contributed by atoms with Gasteiger partial charge in [0.2, 0.25) is 11.8 Å². The molecule has 220 valence electrons. The number of carbonyl (C=O) groups excluding carboxylic acids is 2. The van der Waals surface area contributed by atoms with Crippen molar-refractivity contribution in [3.8, 4) is 5.75 Å². The first-order valence-electron chi connectivity index (χ1n) is 13.7. The summed E-state index contributed by atoms with van der Waals surface area (Å²) in [5.41, 5.74) is 1.89. The zero-order chi connectivity index (χ0) is 30.0. The van der Waals surface area contributed by atoms with Crippen molar-refractivity contribution in [2.45, 2.75) is 57.5 Å². The lowest BCUT2D eigenvalue weighted by atomic mass is 10.1. The van der Waals surface area contributed by atoms with Crippen LogP contribution in [0.5, 0.6) is 5.75 Å². The third kappa shape index (κ3) is 8.47. The number of nitrogens with one attached hydrogen (secondary N) is 1. The molecule has 0 spiro atoms. The molecule has 10 heteroatoms. The summed E-state index contributed by atoms with van der Waals surface area (Å²) in [7, 11) is -2.61. The number of halogens is 1. The first-order chi connectivity index (χ1) is 19.6. The summed E-state index contributed by atoms with van der Waals surface area (Å²) in [5, 5.41) is 3.25. The lowest BCUT2D eigenvalue weighted by Gasteiger charge is -2.33. The summed E-state index contributed by atoms with van der Waals surface area (Å²) < 4.78 is 34.2. The highest BCUT2D eigenvalue weighted by Crippen LogP contribution is 2.27. The largest absolute Gasteiger partial charge is 0.497 e. The normalized spacial score (nSPS) is 11.9. The van der Waals surface area contributed by atoms with Gasteiger partial charge in [0.1, 0.15) is 18.3 Å². The summed E-state index contributed by atoms with van der Waals surface area (Å²) in [4.78, 5) is 28.9. The molecule has 0 fully saturated rings. The highest BCUT2D eigenvalue weighted by atomic mass is 35.5. The number of unbranched alkanes of at least 4 members (excludes halogenated alkanes) is 1. The minimum absolute atomic E-state index is 0.0413. The van der Waals surface area contributed by atoms with E-state index in [4.69, 9.17) is 16.3 Å². The fourth-order valence-electron chi connectivity index (χ4n) is 4.39. The summed E-state index contributed by atoms with van der Waals surface area (Å²) in [6, 6.07) is 19.2. The van der Waals surface area contributed by atoms with Gasteiger partial charge in [-0.2, -0.15) is 0 Å². The number of methoxy groups -OCH3 is 1. The second-order valence-electron chi connectivity index (χ2n) is 9.75. The Balaban J connectivity index is 2.04. The highest BCUT2D eigenvalue weighted by Gasteiger charge is 2.33. The molecule has 3 aromatic carbocycles. The molecular weight excluding hydrogens is 562 g/mol. The van der Waals surface area contributed by atoms with E-state index in [2.05, 4.69) is 5.32 Å². The number of aryl methyl sites for hydroxylation is 1. The molecule has 8 nitrogen and oxygen atoms in total. The Kier molecular flexibility index (Phi) is 11.6. The van der Waals surface area contributed by atoms with E-state index in [1.807, 2.05) is 26.8 Å². The molecule has 1 unspecified atom stereocenters. The number of hydrogen-bond acceptors (Lipinski definition) is 5. The van der Waals surface area contributed by atoms with Crippen LogP contribution >= 0.6 is 11.6 Å². The molecule has 0 radical (unpaired) electrons. The van der Waals surface area contributed by atoms with Crippen LogP contribution in [0.4, 0.5) is 5.69 Å². The predicted octanol–water partition coefficient (Wildman–Crippen LogP) is 5.58. The van der Waals surface area contributed by atoms with Crippen molar-refractivity contribution >= 4 is 39.1 Å². The Bertz CT molecular complexity index is 1430. The van der Waals surface area contributed by atoms with Crippen molar-refractivity contribution in [3.63, 3.8) is 0 Å². The van der Waals surface area contributed by atoms with Crippen LogP contribution in [0.1, 0.15) is 44.2 Å². The molecule has 0 aromatic heterocycles. The van der Waals surface area contributed by atoms with E-state index in [-0.39, 0.29) is 23.0 Å². The number of rotatable bonds is 14. The van der Waals surface area contributed by atoms with E-state index in [9.17, 15) is 18.0 Å². The maximum atomic E-state index is 14.1. The maximum Gasteiger partial charge on any atom is 0.264 e. The Morgan fingerprint density at radius 1 is 1.00 bits per heavy atom. The lowest BCUT2D eigenvalue weighted by Crippen LogP contribution is -2.52. The predicted molar refractivity (Wildman–Crippen MR) is 163 cm³/mol. The van der Waals surface area contributed by atoms with Gasteiger partial charge in [0.15, 0.2) is 0 Å². The molecule has 0 heterocycles. The van der Waals surface area contributed by atoms with Gasteiger partial charge < -0.3 is 15.0 Å². The van der Waals surface area contributed by atoms with Gasteiger partial charge in [-0.1, -0.05) is 67.8 Å². The minimum atomic E-state index is -4.16. The summed E-state index contributed by atoms with van der Waals surface area (Å²) in [5.74, 6) is -0.202. The molecule has 0 aliphatic heterocycles. The first-order valence-corrected chi connectivity index (χ1v) is 15.5. The van der Waals surface area contributed by atoms with E-state index in [0.29, 0.717) is 23.7 Å². The third-order valence-electron chi connectivity index (χ3n) is 6.69. The van der Waals surface area contributed by atoms with Crippen LogP contribution in [-0.2, 0) is 26.2 Å². The number of carbonyl (C=O) groups is 2. The van der Waals surface area contributed by atoms with Gasteiger partial charge in [0.25, 0.3) is 10.0 Å². The van der Waals surface area contributed by atoms with Gasteiger partial charge in [0, 0.05) is 18.1 Å². The van der Waals surface area contributed by atoms with Gasteiger partial charge in [-0.25, -0.2) is 8.42 Å². The molecule has 2 amide bonds. The molecule has 41 heavy (non-hydrogen) atoms. The van der Waals surface area contributed by atoms with Crippen molar-refractivity contribution in [2.75, 3.05) is 24.5 Å². The number of amides is 2. The van der Waals surface area contributed by atoms with Gasteiger partial charge in [0.05, 0.1) is 17.7 Å². The number of nitrogens with zero attached hydrogens (tertiary/aromatic N) is 2. The van der Waals surface area contributed by atoms with Gasteiger partial charge >= 0.3 is 0 Å². The summed E-state index contributed by atoms with van der Waals surface area (Å²) in [6.07, 6.45) is 2.06. The summed E-state index contributed by atoms with van der Waals surface area (Å²) >= 11 is 6.23. The van der Waals surface area contributed by atoms with Crippen molar-refractivity contribution in [3.05, 3.63) is 88.9 Å². The quantitative estimate of drug-likeness (QED) is 0.244. The molecular formula is C31H38ClN3O5S. The van der Waals surface area contributed by atoms with Gasteiger partial charge in [-0.15, -0.1) is 0 Å². The van der Waals surface area contributed by atoms with Crippen LogP contribution < -0.4 is 14.4 Å². The number of hydrogen-bond donors (Lipinski definition) is 1. The van der Waals surface area contributed by atoms with Gasteiger partial charge in [-0.05, 0) is 67.8 Å². The Labute approximate surface area is 248 Å². The van der Waals surface area contributed by atoms with E-state index in [1.165, 1.54) is 23.1 Å². The second kappa shape index (κ2) is 14.9. The monoisotopic (exact) mass is 599 g/mol. The van der Waals surface area contributed by atoms with Crippen molar-refractivity contribution in [1.29, 1.82) is 0 Å². The molecule has 0 saturated carbocycles. The zero-order valence-corrected chi connectivity index (χ0v) is 25.5. The van der Waals surface area contributed by atoms with Crippen molar-refractivity contribution in [1.82, 2.24) is 10.2 Å². The van der Waals surface area contributed by atoms with Gasteiger partial charge in [-0.3, -0.25) is 13.9 Å². The average Bonchev–Trinajstić information content (AvgIpc) is 2.96. The van der Waals surface area contributed by atoms with Crippen LogP contribution in [0.25, 0.3) is 0 Å². The minimum Gasteiger partial charge on any atom is -0.497 e. The number of ether oxygens (including phenoxy) is 1. The third-order valence-corrected chi connectivity index (χ3v) is 8.71. The molecule has 1 N–H and O–H groups in total. The topological polar surface area (TPSA) is 96.0 Å². The average molecular weight is 600 g/mol. The molecule has 0 aliphatic rings. The van der Waals surface area contributed by atoms with E-state index < -0.39 is 28.5 Å². The highest BCUT2D eigenvalue weighted by molar-refractivity contribution is 7.92. The van der Waals surface area contributed by atoms with Crippen LogP contribution in [-0.4, -0.2) is 51.4 Å². The Morgan fingerprint density at radius 2 is 1.71 bits per heavy atom. The lowest BCUT2D eigenvalue weighted by molar-refractivity contribution is -0.140. The standard InChI is InChI=1S/C31H38ClN3O5S/c1-5-7-18-33-31(37)29(6-2)34(21-24-10-8-13-27(19-24)40-4)30(36)22-35(26-12-9-11-25(32)20-26)41(38,39)28-16-14-23(3)15-17-28/h8-17,19-20,29H,5-7,18,21-22H2,1-4H3,(H,33,37). The molecule has 1 atom stereocenters. The number of benzene rings is 3. The van der Waals surface area contributed by atoms with Crippen LogP contribution in [0.2, 0.25) is 5.02 Å².